The molecule has 1 rings (SSSR count). The molecule has 0 aromatic heterocycles. The second kappa shape index (κ2) is 4.72. The van der Waals surface area contributed by atoms with Crippen molar-refractivity contribution >= 4 is 5.78 Å². The van der Waals surface area contributed by atoms with E-state index in [2.05, 4.69) is 18.7 Å². The van der Waals surface area contributed by atoms with Gasteiger partial charge in [-0.3, -0.25) is 9.69 Å². The summed E-state index contributed by atoms with van der Waals surface area (Å²) < 4.78 is 5.45. The number of Topliss-reactive ketones (excluding diaryl/α,β-unsaturated/α-hetero) is 1. The van der Waals surface area contributed by atoms with Crippen molar-refractivity contribution in [3.8, 4) is 0 Å². The van der Waals surface area contributed by atoms with E-state index >= 15 is 0 Å². The lowest BCUT2D eigenvalue weighted by atomic mass is 10.3. The van der Waals surface area contributed by atoms with Crippen molar-refractivity contribution in [2.45, 2.75) is 39.3 Å². The maximum Gasteiger partial charge on any atom is 0.155 e. The highest BCUT2D eigenvalue weighted by molar-refractivity contribution is 5.76. The number of carbonyl (C=O) groups excluding carboxylic acids is 1. The third-order valence-electron chi connectivity index (χ3n) is 2.43. The van der Waals surface area contributed by atoms with Crippen LogP contribution in [-0.4, -0.2) is 42.5 Å². The maximum absolute atomic E-state index is 10.7. The Morgan fingerprint density at radius 2 is 2.31 bits per heavy atom. The average molecular weight is 185 g/mol. The molecule has 76 valence electrons. The lowest BCUT2D eigenvalue weighted by Gasteiger charge is -2.19. The van der Waals surface area contributed by atoms with Crippen LogP contribution in [0.2, 0.25) is 0 Å². The molecule has 0 saturated carbocycles. The van der Waals surface area contributed by atoms with E-state index in [0.29, 0.717) is 6.04 Å². The molecule has 1 heterocycles. The lowest BCUT2D eigenvalue weighted by molar-refractivity contribution is -0.123. The second-order valence-electron chi connectivity index (χ2n) is 4.01. The Bertz CT molecular complexity index is 180. The van der Waals surface area contributed by atoms with Gasteiger partial charge in [-0.15, -0.1) is 0 Å². The fourth-order valence-electron chi connectivity index (χ4n) is 1.59. The molecular formula is C10H19NO2. The summed E-state index contributed by atoms with van der Waals surface area (Å²) in [5, 5.41) is 0. The molecule has 3 nitrogen and oxygen atoms in total. The van der Waals surface area contributed by atoms with Crippen LogP contribution in [0.3, 0.4) is 0 Å². The van der Waals surface area contributed by atoms with Gasteiger partial charge in [0.25, 0.3) is 0 Å². The molecule has 1 fully saturated rings. The molecule has 0 bridgehead atoms. The van der Waals surface area contributed by atoms with Gasteiger partial charge >= 0.3 is 0 Å². The Balaban J connectivity index is 2.21. The Hall–Kier alpha value is -0.410. The monoisotopic (exact) mass is 185 g/mol. The predicted molar refractivity (Wildman–Crippen MR) is 51.7 cm³/mol. The van der Waals surface area contributed by atoms with Crippen LogP contribution in [0.25, 0.3) is 0 Å². The number of likely N-dealkylation sites (tertiary alicyclic amines) is 1. The summed E-state index contributed by atoms with van der Waals surface area (Å²) in [6.45, 7) is 8.29. The van der Waals surface area contributed by atoms with Crippen LogP contribution in [0.4, 0.5) is 0 Å². The van der Waals surface area contributed by atoms with Crippen LogP contribution in [0.15, 0.2) is 0 Å². The van der Waals surface area contributed by atoms with Gasteiger partial charge in [0, 0.05) is 19.1 Å². The zero-order valence-electron chi connectivity index (χ0n) is 8.75. The Morgan fingerprint density at radius 1 is 1.62 bits per heavy atom. The summed E-state index contributed by atoms with van der Waals surface area (Å²) in [6, 6.07) is 0.589. The van der Waals surface area contributed by atoms with Crippen LogP contribution in [-0.2, 0) is 9.53 Å². The zero-order valence-corrected chi connectivity index (χ0v) is 8.75. The highest BCUT2D eigenvalue weighted by atomic mass is 16.5. The second-order valence-corrected chi connectivity index (χ2v) is 4.01. The van der Waals surface area contributed by atoms with Crippen molar-refractivity contribution in [3.63, 3.8) is 0 Å². The topological polar surface area (TPSA) is 29.5 Å². The van der Waals surface area contributed by atoms with Gasteiger partial charge < -0.3 is 4.74 Å². The zero-order chi connectivity index (χ0) is 9.84. The van der Waals surface area contributed by atoms with Gasteiger partial charge in [0.1, 0.15) is 6.61 Å². The van der Waals surface area contributed by atoms with Crippen LogP contribution in [0.5, 0.6) is 0 Å². The molecule has 1 atom stereocenters. The maximum atomic E-state index is 10.7. The summed E-state index contributed by atoms with van der Waals surface area (Å²) in [5.41, 5.74) is 0. The summed E-state index contributed by atoms with van der Waals surface area (Å²) in [7, 11) is 0. The van der Waals surface area contributed by atoms with Crippen LogP contribution < -0.4 is 0 Å². The van der Waals surface area contributed by atoms with Gasteiger partial charge in [-0.25, -0.2) is 0 Å². The van der Waals surface area contributed by atoms with E-state index in [1.807, 2.05) is 0 Å². The molecule has 0 aliphatic carbocycles. The fourth-order valence-corrected chi connectivity index (χ4v) is 1.59. The molecular weight excluding hydrogens is 166 g/mol. The van der Waals surface area contributed by atoms with Crippen molar-refractivity contribution in [1.29, 1.82) is 0 Å². The van der Waals surface area contributed by atoms with Crippen molar-refractivity contribution in [2.24, 2.45) is 0 Å². The van der Waals surface area contributed by atoms with Crippen LogP contribution in [0.1, 0.15) is 27.2 Å². The highest BCUT2D eigenvalue weighted by Gasteiger charge is 2.24. The molecule has 1 aliphatic rings. The first kappa shape index (κ1) is 10.7. The fraction of sp³-hybridized carbons (Fsp3) is 0.900. The molecule has 0 aromatic rings. The van der Waals surface area contributed by atoms with E-state index < -0.39 is 0 Å². The first-order valence-electron chi connectivity index (χ1n) is 4.94. The summed E-state index contributed by atoms with van der Waals surface area (Å²) in [4.78, 5) is 13.1. The van der Waals surface area contributed by atoms with E-state index in [1.165, 1.54) is 0 Å². The molecule has 0 radical (unpaired) electrons. The standard InChI is InChI=1S/C10H19NO2/c1-8(2)11-5-4-10(6-11)13-7-9(3)12/h8,10H,4-7H2,1-3H3/t10-/m1/s1. The quantitative estimate of drug-likeness (QED) is 0.656. The molecule has 0 amide bonds. The minimum atomic E-state index is 0.114. The number of nitrogens with zero attached hydrogens (tertiary/aromatic N) is 1. The first-order valence-corrected chi connectivity index (χ1v) is 4.94. The number of carbonyl (C=O) groups is 1. The average Bonchev–Trinajstić information content (AvgIpc) is 2.48. The minimum Gasteiger partial charge on any atom is -0.369 e. The Kier molecular flexibility index (Phi) is 3.88. The molecule has 0 N–H and O–H groups in total. The predicted octanol–water partition coefficient (Wildman–Crippen LogP) is 1.07. The molecule has 0 spiro atoms. The number of hydrogen-bond donors (Lipinski definition) is 0. The van der Waals surface area contributed by atoms with Gasteiger partial charge in [-0.2, -0.15) is 0 Å². The largest absolute Gasteiger partial charge is 0.369 e. The SMILES string of the molecule is CC(=O)CO[C@@H]1CCN(C(C)C)C1. The van der Waals surface area contributed by atoms with Gasteiger partial charge in [-0.1, -0.05) is 0 Å². The summed E-state index contributed by atoms with van der Waals surface area (Å²) in [6.07, 6.45) is 1.33. The Labute approximate surface area is 80.1 Å². The number of hydrogen-bond acceptors (Lipinski definition) is 3. The van der Waals surface area contributed by atoms with Gasteiger partial charge in [-0.05, 0) is 27.2 Å². The van der Waals surface area contributed by atoms with Crippen LogP contribution in [0, 0.1) is 0 Å². The van der Waals surface area contributed by atoms with Crippen molar-refractivity contribution in [1.82, 2.24) is 4.90 Å². The van der Waals surface area contributed by atoms with Crippen LogP contribution >= 0.6 is 0 Å². The van der Waals surface area contributed by atoms with E-state index in [9.17, 15) is 4.79 Å². The van der Waals surface area contributed by atoms with E-state index in [0.717, 1.165) is 19.5 Å². The third-order valence-corrected chi connectivity index (χ3v) is 2.43. The summed E-state index contributed by atoms with van der Waals surface area (Å²) >= 11 is 0. The van der Waals surface area contributed by atoms with Crippen molar-refractivity contribution < 1.29 is 9.53 Å². The lowest BCUT2D eigenvalue weighted by Crippen LogP contribution is -2.30. The Morgan fingerprint density at radius 3 is 2.77 bits per heavy atom. The minimum absolute atomic E-state index is 0.114. The van der Waals surface area contributed by atoms with Gasteiger partial charge in [0.15, 0.2) is 5.78 Å². The third kappa shape index (κ3) is 3.44. The molecule has 13 heavy (non-hydrogen) atoms. The molecule has 1 aliphatic heterocycles. The normalized spacial score (nSPS) is 24.2. The van der Waals surface area contributed by atoms with E-state index in [1.54, 1.807) is 6.92 Å². The molecule has 0 unspecified atom stereocenters. The summed E-state index contributed by atoms with van der Waals surface area (Å²) in [5.74, 6) is 0.114. The van der Waals surface area contributed by atoms with E-state index in [4.69, 9.17) is 4.74 Å². The smallest absolute Gasteiger partial charge is 0.155 e. The van der Waals surface area contributed by atoms with E-state index in [-0.39, 0.29) is 18.5 Å². The molecule has 1 saturated heterocycles. The highest BCUT2D eigenvalue weighted by Crippen LogP contribution is 2.14. The molecule has 3 heteroatoms. The van der Waals surface area contributed by atoms with Gasteiger partial charge in [0.2, 0.25) is 0 Å². The number of ether oxygens (including phenoxy) is 1. The van der Waals surface area contributed by atoms with Gasteiger partial charge in [0.05, 0.1) is 6.10 Å². The number of ketones is 1. The van der Waals surface area contributed by atoms with Crippen molar-refractivity contribution in [2.75, 3.05) is 19.7 Å². The first-order chi connectivity index (χ1) is 6.09. The number of rotatable bonds is 4. The molecule has 0 aromatic carbocycles. The van der Waals surface area contributed by atoms with Crippen molar-refractivity contribution in [3.05, 3.63) is 0 Å².